The van der Waals surface area contributed by atoms with E-state index in [9.17, 15) is 13.6 Å². The summed E-state index contributed by atoms with van der Waals surface area (Å²) in [5, 5.41) is 5.35. The largest absolute Gasteiger partial charge is 0.365 e. The van der Waals surface area contributed by atoms with E-state index >= 15 is 0 Å². The van der Waals surface area contributed by atoms with Crippen molar-refractivity contribution in [2.75, 3.05) is 10.6 Å². The molecule has 1 heterocycles. The quantitative estimate of drug-likeness (QED) is 0.744. The van der Waals surface area contributed by atoms with E-state index in [-0.39, 0.29) is 23.7 Å². The molecular formula is C18H14F2N4O. The fourth-order valence-corrected chi connectivity index (χ4v) is 2.11. The molecule has 0 saturated heterocycles. The number of carbonyl (C=O) groups excluding carboxylic acids is 1. The van der Waals surface area contributed by atoms with Crippen molar-refractivity contribution in [2.24, 2.45) is 0 Å². The topological polar surface area (TPSA) is 66.9 Å². The number of amides is 1. The lowest BCUT2D eigenvalue weighted by atomic mass is 10.2. The van der Waals surface area contributed by atoms with Crippen molar-refractivity contribution in [1.82, 2.24) is 9.97 Å². The molecule has 0 aliphatic carbocycles. The van der Waals surface area contributed by atoms with Gasteiger partial charge in [0, 0.05) is 12.1 Å². The van der Waals surface area contributed by atoms with Crippen LogP contribution in [0, 0.1) is 11.6 Å². The second-order valence-corrected chi connectivity index (χ2v) is 5.17. The molecule has 1 aromatic heterocycles. The Bertz CT molecular complexity index is 884. The van der Waals surface area contributed by atoms with Crippen LogP contribution in [0.1, 0.15) is 16.1 Å². The zero-order chi connectivity index (χ0) is 17.6. The van der Waals surface area contributed by atoms with Crippen LogP contribution in [0.25, 0.3) is 0 Å². The van der Waals surface area contributed by atoms with Gasteiger partial charge in [-0.25, -0.2) is 18.7 Å². The Morgan fingerprint density at radius 2 is 1.64 bits per heavy atom. The fourth-order valence-electron chi connectivity index (χ4n) is 2.11. The lowest BCUT2D eigenvalue weighted by Gasteiger charge is -2.08. The predicted octanol–water partition coefficient (Wildman–Crippen LogP) is 3.62. The average molecular weight is 340 g/mol. The molecule has 2 N–H and O–H groups in total. The molecule has 1 amide bonds. The molecule has 3 aromatic rings. The smallest absolute Gasteiger partial charge is 0.275 e. The second-order valence-electron chi connectivity index (χ2n) is 5.17. The maximum Gasteiger partial charge on any atom is 0.275 e. The highest BCUT2D eigenvalue weighted by atomic mass is 19.1. The molecule has 0 aliphatic rings. The maximum absolute atomic E-state index is 13.5. The van der Waals surface area contributed by atoms with Crippen molar-refractivity contribution in [3.05, 3.63) is 83.8 Å². The van der Waals surface area contributed by atoms with Crippen molar-refractivity contribution < 1.29 is 13.6 Å². The number of rotatable bonds is 5. The van der Waals surface area contributed by atoms with Gasteiger partial charge in [0.1, 0.15) is 23.1 Å². The molecule has 0 bridgehead atoms. The Kier molecular flexibility index (Phi) is 4.94. The van der Waals surface area contributed by atoms with Gasteiger partial charge in [-0.1, -0.05) is 30.3 Å². The van der Waals surface area contributed by atoms with Crippen LogP contribution in [0.4, 0.5) is 20.3 Å². The van der Waals surface area contributed by atoms with Crippen molar-refractivity contribution in [3.8, 4) is 0 Å². The fraction of sp³-hybridized carbons (Fsp3) is 0.0556. The first-order valence-electron chi connectivity index (χ1n) is 7.48. The van der Waals surface area contributed by atoms with E-state index in [2.05, 4.69) is 20.6 Å². The van der Waals surface area contributed by atoms with Gasteiger partial charge < -0.3 is 10.6 Å². The van der Waals surface area contributed by atoms with E-state index in [1.807, 2.05) is 0 Å². The summed E-state index contributed by atoms with van der Waals surface area (Å²) in [6.45, 7) is 0.238. The van der Waals surface area contributed by atoms with Gasteiger partial charge >= 0.3 is 0 Å². The molecule has 0 fully saturated rings. The molecule has 7 heteroatoms. The highest BCUT2D eigenvalue weighted by Crippen LogP contribution is 2.14. The first-order chi connectivity index (χ1) is 12.1. The van der Waals surface area contributed by atoms with Crippen LogP contribution in [-0.4, -0.2) is 15.9 Å². The highest BCUT2D eigenvalue weighted by molar-refractivity contribution is 6.02. The molecule has 0 unspecified atom stereocenters. The van der Waals surface area contributed by atoms with Crippen molar-refractivity contribution in [3.63, 3.8) is 0 Å². The van der Waals surface area contributed by atoms with Crippen molar-refractivity contribution in [2.45, 2.75) is 6.54 Å². The first kappa shape index (κ1) is 16.5. The van der Waals surface area contributed by atoms with Crippen LogP contribution < -0.4 is 10.6 Å². The number of hydrogen-bond acceptors (Lipinski definition) is 4. The minimum Gasteiger partial charge on any atom is -0.365 e. The number of benzene rings is 2. The van der Waals surface area contributed by atoms with Crippen LogP contribution in [0.3, 0.4) is 0 Å². The molecule has 2 aromatic carbocycles. The summed E-state index contributed by atoms with van der Waals surface area (Å²) in [6.07, 6.45) is 2.62. The molecule has 25 heavy (non-hydrogen) atoms. The molecule has 126 valence electrons. The number of nitrogens with one attached hydrogen (secondary N) is 2. The summed E-state index contributed by atoms with van der Waals surface area (Å²) in [5.74, 6) is -1.03. The Morgan fingerprint density at radius 1 is 0.920 bits per heavy atom. The number of carbonyl (C=O) groups is 1. The molecule has 0 radical (unpaired) electrons. The number of aromatic nitrogens is 2. The molecule has 5 nitrogen and oxygen atoms in total. The van der Waals surface area contributed by atoms with Crippen LogP contribution in [-0.2, 0) is 6.54 Å². The van der Waals surface area contributed by atoms with E-state index in [0.29, 0.717) is 11.4 Å². The normalized spacial score (nSPS) is 10.3. The summed E-state index contributed by atoms with van der Waals surface area (Å²) in [6, 6.07) is 12.2. The predicted molar refractivity (Wildman–Crippen MR) is 90.1 cm³/mol. The van der Waals surface area contributed by atoms with Gasteiger partial charge in [0.25, 0.3) is 5.91 Å². The third kappa shape index (κ3) is 4.14. The minimum absolute atomic E-state index is 0.0414. The van der Waals surface area contributed by atoms with Crippen LogP contribution >= 0.6 is 0 Å². The number of nitrogens with zero attached hydrogens (tertiary/aromatic N) is 2. The van der Waals surface area contributed by atoms with E-state index in [1.54, 1.807) is 24.3 Å². The second kappa shape index (κ2) is 7.48. The van der Waals surface area contributed by atoms with Gasteiger partial charge in [-0.15, -0.1) is 0 Å². The van der Waals surface area contributed by atoms with Crippen molar-refractivity contribution in [1.29, 1.82) is 0 Å². The number of hydrogen-bond donors (Lipinski definition) is 2. The van der Waals surface area contributed by atoms with E-state index in [0.717, 1.165) is 0 Å². The summed E-state index contributed by atoms with van der Waals surface area (Å²) < 4.78 is 27.1. The summed E-state index contributed by atoms with van der Waals surface area (Å²) in [4.78, 5) is 20.1. The maximum atomic E-state index is 13.5. The molecular weight excluding hydrogens is 326 g/mol. The zero-order valence-corrected chi connectivity index (χ0v) is 13.0. The number of para-hydroxylation sites is 1. The summed E-state index contributed by atoms with van der Waals surface area (Å²) >= 11 is 0. The Balaban J connectivity index is 1.63. The molecule has 0 aliphatic heterocycles. The molecule has 0 atom stereocenters. The third-order valence-electron chi connectivity index (χ3n) is 3.42. The Labute approximate surface area is 142 Å². The minimum atomic E-state index is -0.571. The van der Waals surface area contributed by atoms with Gasteiger partial charge in [0.15, 0.2) is 0 Å². The summed E-state index contributed by atoms with van der Waals surface area (Å²) in [5.41, 5.74) is 0.599. The first-order valence-corrected chi connectivity index (χ1v) is 7.48. The van der Waals surface area contributed by atoms with Gasteiger partial charge in [-0.2, -0.15) is 0 Å². The third-order valence-corrected chi connectivity index (χ3v) is 3.42. The summed E-state index contributed by atoms with van der Waals surface area (Å²) in [7, 11) is 0. The number of anilines is 2. The molecule has 0 spiro atoms. The Morgan fingerprint density at radius 3 is 2.32 bits per heavy atom. The van der Waals surface area contributed by atoms with Gasteiger partial charge in [-0.05, 0) is 18.2 Å². The average Bonchev–Trinajstić information content (AvgIpc) is 2.63. The number of halogens is 2. The lowest BCUT2D eigenvalue weighted by Crippen LogP contribution is -2.15. The molecule has 3 rings (SSSR count). The van der Waals surface area contributed by atoms with Crippen molar-refractivity contribution >= 4 is 17.4 Å². The van der Waals surface area contributed by atoms with E-state index < -0.39 is 11.7 Å². The van der Waals surface area contributed by atoms with Gasteiger partial charge in [0.2, 0.25) is 0 Å². The van der Waals surface area contributed by atoms with Crippen LogP contribution in [0.2, 0.25) is 0 Å². The van der Waals surface area contributed by atoms with Crippen LogP contribution in [0.5, 0.6) is 0 Å². The van der Waals surface area contributed by atoms with Crippen LogP contribution in [0.15, 0.2) is 60.9 Å². The molecule has 0 saturated carbocycles. The Hall–Kier alpha value is -3.35. The zero-order valence-electron chi connectivity index (χ0n) is 13.0. The van der Waals surface area contributed by atoms with E-state index in [4.69, 9.17) is 0 Å². The van der Waals surface area contributed by atoms with Gasteiger partial charge in [-0.3, -0.25) is 4.79 Å². The SMILES string of the molecule is O=C(Nc1ccccc1F)c1cnc(NCc2ccccc2F)cn1. The highest BCUT2D eigenvalue weighted by Gasteiger charge is 2.11. The standard InChI is InChI=1S/C18H14F2N4O/c19-13-6-2-1-5-12(13)9-22-17-11-21-16(10-23-17)18(25)24-15-8-4-3-7-14(15)20/h1-8,10-11H,9H2,(H,22,23)(H,24,25). The lowest BCUT2D eigenvalue weighted by molar-refractivity contribution is 0.102. The van der Waals surface area contributed by atoms with E-state index in [1.165, 1.54) is 36.7 Å². The van der Waals surface area contributed by atoms with Gasteiger partial charge in [0.05, 0.1) is 18.1 Å². The monoisotopic (exact) mass is 340 g/mol.